The molecule has 3 unspecified atom stereocenters. The summed E-state index contributed by atoms with van der Waals surface area (Å²) in [6.07, 6.45) is 10.5. The zero-order valence-electron chi connectivity index (χ0n) is 19.7. The Morgan fingerprint density at radius 3 is 2.56 bits per heavy atom. The normalized spacial score (nSPS) is 16.7. The monoisotopic (exact) mass is 507 g/mol. The van der Waals surface area contributed by atoms with Gasteiger partial charge in [0, 0.05) is 12.0 Å². The quantitative estimate of drug-likeness (QED) is 0.200. The van der Waals surface area contributed by atoms with E-state index in [-0.39, 0.29) is 11.3 Å². The largest absolute Gasteiger partial charge is 0.425 e. The second kappa shape index (κ2) is 14.7. The van der Waals surface area contributed by atoms with Gasteiger partial charge in [-0.2, -0.15) is 11.8 Å². The van der Waals surface area contributed by atoms with Crippen LogP contribution in [0.2, 0.25) is 0 Å². The number of thioether (sulfide) groups is 2. The molecule has 2 rings (SSSR count). The van der Waals surface area contributed by atoms with Crippen LogP contribution >= 0.6 is 23.5 Å². The van der Waals surface area contributed by atoms with E-state index < -0.39 is 24.0 Å². The Balaban J connectivity index is 1.95. The summed E-state index contributed by atoms with van der Waals surface area (Å²) in [4.78, 5) is 36.4. The van der Waals surface area contributed by atoms with Gasteiger partial charge in [0.25, 0.3) is 0 Å². The predicted molar refractivity (Wildman–Crippen MR) is 136 cm³/mol. The Labute approximate surface area is 209 Å². The fourth-order valence-corrected chi connectivity index (χ4v) is 4.64. The Bertz CT molecular complexity index is 861. The highest BCUT2D eigenvalue weighted by atomic mass is 32.2. The van der Waals surface area contributed by atoms with Gasteiger partial charge in [-0.05, 0) is 60.6 Å². The van der Waals surface area contributed by atoms with Gasteiger partial charge >= 0.3 is 5.97 Å². The van der Waals surface area contributed by atoms with E-state index >= 15 is 0 Å². The number of ether oxygens (including phenoxy) is 1. The van der Waals surface area contributed by atoms with E-state index in [1.807, 2.05) is 44.4 Å². The molecule has 1 aromatic carbocycles. The molecule has 1 heterocycles. The summed E-state index contributed by atoms with van der Waals surface area (Å²) in [5.41, 5.74) is 1.02. The second-order valence-electron chi connectivity index (χ2n) is 8.18. The third kappa shape index (κ3) is 9.44. The van der Waals surface area contributed by atoms with Crippen LogP contribution in [0.1, 0.15) is 32.3 Å². The van der Waals surface area contributed by atoms with Crippen LogP contribution in [0.3, 0.4) is 0 Å². The molecule has 34 heavy (non-hydrogen) atoms. The number of allylic oxidation sites excluding steroid dienone is 2. The lowest BCUT2D eigenvalue weighted by atomic mass is 10.0. The molecule has 0 fully saturated rings. The third-order valence-electron chi connectivity index (χ3n) is 4.95. The van der Waals surface area contributed by atoms with Crippen molar-refractivity contribution in [2.45, 2.75) is 49.9 Å². The molecule has 1 aliphatic rings. The summed E-state index contributed by atoms with van der Waals surface area (Å²) in [5, 5.41) is 16.1. The Hall–Kier alpha value is -2.43. The number of hydrogen-bond donors (Lipinski definition) is 3. The van der Waals surface area contributed by atoms with Crippen LogP contribution < -0.4 is 15.4 Å². The molecule has 0 radical (unpaired) electrons. The second-order valence-corrected chi connectivity index (χ2v) is 10.3. The maximum absolute atomic E-state index is 12.8. The van der Waals surface area contributed by atoms with Crippen LogP contribution in [-0.2, 0) is 20.1 Å². The standard InChI is InChI=1S/C24H33N3O5S2/c1-17(2)14-21(26-23(29)20(25-16-28)11-13-33-3)24(30)32-19-9-7-18(8-10-19)15-34-22-6-4-5-12-27(22)31/h4-10,12,16-17,20-22,31H,11,13-15H2,1-3H3,(H,25,28)(H,26,29). The van der Waals surface area contributed by atoms with Gasteiger partial charge in [0.2, 0.25) is 12.3 Å². The van der Waals surface area contributed by atoms with Crippen molar-refractivity contribution in [3.63, 3.8) is 0 Å². The maximum Gasteiger partial charge on any atom is 0.334 e. The van der Waals surface area contributed by atoms with E-state index in [0.29, 0.717) is 36.5 Å². The Kier molecular flexibility index (Phi) is 12.1. The summed E-state index contributed by atoms with van der Waals surface area (Å²) >= 11 is 3.13. The molecule has 10 heteroatoms. The topological polar surface area (TPSA) is 108 Å². The molecule has 0 aliphatic carbocycles. The van der Waals surface area contributed by atoms with E-state index in [0.717, 1.165) is 10.6 Å². The van der Waals surface area contributed by atoms with Gasteiger partial charge in [0.05, 0.1) is 0 Å². The molecule has 0 saturated carbocycles. The van der Waals surface area contributed by atoms with Crippen LogP contribution in [0.15, 0.2) is 48.7 Å². The van der Waals surface area contributed by atoms with Crippen LogP contribution in [0.25, 0.3) is 0 Å². The first-order valence-corrected chi connectivity index (χ1v) is 13.5. The number of nitrogens with one attached hydrogen (secondary N) is 2. The van der Waals surface area contributed by atoms with E-state index in [1.165, 1.54) is 0 Å². The molecule has 1 aliphatic heterocycles. The number of esters is 1. The molecule has 0 spiro atoms. The highest BCUT2D eigenvalue weighted by Gasteiger charge is 2.27. The first-order valence-electron chi connectivity index (χ1n) is 11.1. The van der Waals surface area contributed by atoms with Crippen LogP contribution in [0.5, 0.6) is 5.75 Å². The van der Waals surface area contributed by atoms with Gasteiger partial charge in [-0.3, -0.25) is 14.8 Å². The maximum atomic E-state index is 12.8. The molecule has 3 atom stereocenters. The van der Waals surface area contributed by atoms with Crippen molar-refractivity contribution in [2.75, 3.05) is 12.0 Å². The lowest BCUT2D eigenvalue weighted by Crippen LogP contribution is -2.51. The smallest absolute Gasteiger partial charge is 0.334 e. The van der Waals surface area contributed by atoms with Crippen molar-refractivity contribution in [3.8, 4) is 5.75 Å². The van der Waals surface area contributed by atoms with Crippen molar-refractivity contribution >= 4 is 41.8 Å². The Morgan fingerprint density at radius 1 is 1.21 bits per heavy atom. The number of carbonyl (C=O) groups excluding carboxylic acids is 3. The minimum absolute atomic E-state index is 0.149. The van der Waals surface area contributed by atoms with Gasteiger partial charge < -0.3 is 15.4 Å². The molecule has 0 bridgehead atoms. The molecule has 0 saturated heterocycles. The van der Waals surface area contributed by atoms with Crippen LogP contribution in [0, 0.1) is 5.92 Å². The number of carbonyl (C=O) groups is 3. The molecular formula is C24H33N3O5S2. The number of rotatable bonds is 14. The first kappa shape index (κ1) is 27.8. The van der Waals surface area contributed by atoms with Gasteiger partial charge in [-0.15, -0.1) is 11.8 Å². The molecule has 0 aromatic heterocycles. The number of benzene rings is 1. The van der Waals surface area contributed by atoms with E-state index in [1.54, 1.807) is 47.9 Å². The van der Waals surface area contributed by atoms with Crippen molar-refractivity contribution in [2.24, 2.45) is 5.92 Å². The van der Waals surface area contributed by atoms with Crippen molar-refractivity contribution in [3.05, 3.63) is 54.3 Å². The average Bonchev–Trinajstić information content (AvgIpc) is 2.81. The minimum Gasteiger partial charge on any atom is -0.425 e. The van der Waals surface area contributed by atoms with Crippen LogP contribution in [0.4, 0.5) is 0 Å². The number of hydroxylamine groups is 2. The Morgan fingerprint density at radius 2 is 1.94 bits per heavy atom. The van der Waals surface area contributed by atoms with E-state index in [4.69, 9.17) is 4.74 Å². The fraction of sp³-hybridized carbons (Fsp3) is 0.458. The summed E-state index contributed by atoms with van der Waals surface area (Å²) in [7, 11) is 0. The summed E-state index contributed by atoms with van der Waals surface area (Å²) in [5.74, 6) is 0.954. The van der Waals surface area contributed by atoms with E-state index in [2.05, 4.69) is 10.6 Å². The SMILES string of the molecule is CSCCC(NC=O)C(=O)NC(CC(C)C)C(=O)Oc1ccc(CSC2C=CC=CN2O)cc1. The van der Waals surface area contributed by atoms with Crippen LogP contribution in [-0.4, -0.2) is 58.0 Å². The fourth-order valence-electron chi connectivity index (χ4n) is 3.19. The zero-order chi connectivity index (χ0) is 24.9. The lowest BCUT2D eigenvalue weighted by Gasteiger charge is -2.23. The van der Waals surface area contributed by atoms with Crippen molar-refractivity contribution in [1.29, 1.82) is 0 Å². The minimum atomic E-state index is -0.824. The molecule has 8 nitrogen and oxygen atoms in total. The molecule has 2 amide bonds. The third-order valence-corrected chi connectivity index (χ3v) is 6.81. The first-order chi connectivity index (χ1) is 16.3. The van der Waals surface area contributed by atoms with Crippen molar-refractivity contribution < 1.29 is 24.3 Å². The molecular weight excluding hydrogens is 474 g/mol. The summed E-state index contributed by atoms with van der Waals surface area (Å²) in [6.45, 7) is 3.91. The zero-order valence-corrected chi connectivity index (χ0v) is 21.3. The van der Waals surface area contributed by atoms with E-state index in [9.17, 15) is 19.6 Å². The molecule has 186 valence electrons. The summed E-state index contributed by atoms with van der Waals surface area (Å²) < 4.78 is 5.54. The van der Waals surface area contributed by atoms with Gasteiger partial charge in [-0.25, -0.2) is 9.86 Å². The number of hydrogen-bond acceptors (Lipinski definition) is 8. The number of amides is 2. The van der Waals surface area contributed by atoms with Gasteiger partial charge in [0.1, 0.15) is 23.2 Å². The van der Waals surface area contributed by atoms with Crippen molar-refractivity contribution in [1.82, 2.24) is 15.7 Å². The predicted octanol–water partition coefficient (Wildman–Crippen LogP) is 3.32. The van der Waals surface area contributed by atoms with Gasteiger partial charge in [0.15, 0.2) is 0 Å². The number of nitrogens with zero attached hydrogens (tertiary/aromatic N) is 1. The molecule has 3 N–H and O–H groups in total. The highest BCUT2D eigenvalue weighted by Crippen LogP contribution is 2.24. The summed E-state index contributed by atoms with van der Waals surface area (Å²) in [6, 6.07) is 5.63. The molecule has 1 aromatic rings. The lowest BCUT2D eigenvalue weighted by molar-refractivity contribution is -0.140. The highest BCUT2D eigenvalue weighted by molar-refractivity contribution is 7.99. The van der Waals surface area contributed by atoms with Gasteiger partial charge in [-0.1, -0.05) is 32.1 Å². The average molecular weight is 508 g/mol.